The first-order valence-electron chi connectivity index (χ1n) is 11.2. The molecule has 34 heavy (non-hydrogen) atoms. The summed E-state index contributed by atoms with van der Waals surface area (Å²) in [6, 6.07) is 24.9. The number of carbonyl (C=O) groups excluding carboxylic acids is 2. The van der Waals surface area contributed by atoms with Gasteiger partial charge in [-0.25, -0.2) is 9.59 Å². The van der Waals surface area contributed by atoms with Gasteiger partial charge in [0.25, 0.3) is 0 Å². The minimum atomic E-state index is -0.841. The van der Waals surface area contributed by atoms with E-state index in [-0.39, 0.29) is 0 Å². The van der Waals surface area contributed by atoms with Gasteiger partial charge in [-0.2, -0.15) is 0 Å². The summed E-state index contributed by atoms with van der Waals surface area (Å²) in [6.07, 6.45) is -0.368. The van der Waals surface area contributed by atoms with Crippen LogP contribution in [-0.2, 0) is 27.3 Å². The first-order chi connectivity index (χ1) is 16.2. The molecule has 0 saturated heterocycles. The first kappa shape index (κ1) is 24.8. The molecule has 3 aromatic carbocycles. The van der Waals surface area contributed by atoms with Gasteiger partial charge in [-0.3, -0.25) is 0 Å². The summed E-state index contributed by atoms with van der Waals surface area (Å²) in [5, 5.41) is 2.60. The Morgan fingerprint density at radius 3 is 1.97 bits per heavy atom. The van der Waals surface area contributed by atoms with Gasteiger partial charge in [0, 0.05) is 6.42 Å². The Morgan fingerprint density at radius 2 is 1.41 bits per heavy atom. The zero-order valence-electron chi connectivity index (χ0n) is 20.0. The Labute approximate surface area is 200 Å². The smallest absolute Gasteiger partial charge is 0.408 e. The van der Waals surface area contributed by atoms with E-state index in [1.807, 2.05) is 78.9 Å². The highest BCUT2D eigenvalue weighted by atomic mass is 16.6. The lowest BCUT2D eigenvalue weighted by Crippen LogP contribution is -2.45. The van der Waals surface area contributed by atoms with E-state index in [0.717, 1.165) is 28.0 Å². The number of benzene rings is 3. The quantitative estimate of drug-likeness (QED) is 0.446. The Morgan fingerprint density at radius 1 is 0.824 bits per heavy atom. The Bertz CT molecular complexity index is 1070. The van der Waals surface area contributed by atoms with Crippen molar-refractivity contribution >= 4 is 12.1 Å². The van der Waals surface area contributed by atoms with Gasteiger partial charge in [-0.05, 0) is 55.2 Å². The summed E-state index contributed by atoms with van der Waals surface area (Å²) in [7, 11) is 1.29. The number of alkyl carbamates (subject to hydrolysis) is 1. The Kier molecular flexibility index (Phi) is 8.30. The molecule has 0 aliphatic heterocycles. The van der Waals surface area contributed by atoms with Crippen molar-refractivity contribution in [2.24, 2.45) is 0 Å². The molecule has 0 bridgehead atoms. The molecule has 0 fully saturated rings. The SMILES string of the molecule is COC(=O)[C@H](Cc1ccc(-c2ccc(OCc3ccccc3)cc2)cc1)NC(=O)OC(C)(C)C. The van der Waals surface area contributed by atoms with Gasteiger partial charge in [-0.15, -0.1) is 0 Å². The predicted octanol–water partition coefficient (Wildman–Crippen LogP) is 5.54. The predicted molar refractivity (Wildman–Crippen MR) is 132 cm³/mol. The normalized spacial score (nSPS) is 11.9. The van der Waals surface area contributed by atoms with Crippen LogP contribution in [-0.4, -0.2) is 30.8 Å². The second-order valence-corrected chi connectivity index (χ2v) is 8.92. The molecule has 0 unspecified atom stereocenters. The van der Waals surface area contributed by atoms with Crippen molar-refractivity contribution in [3.8, 4) is 16.9 Å². The molecule has 0 aliphatic rings. The van der Waals surface area contributed by atoms with Crippen LogP contribution in [0.15, 0.2) is 78.9 Å². The molecule has 0 radical (unpaired) electrons. The van der Waals surface area contributed by atoms with Crippen LogP contribution in [0.5, 0.6) is 5.75 Å². The van der Waals surface area contributed by atoms with E-state index in [2.05, 4.69) is 5.32 Å². The van der Waals surface area contributed by atoms with Gasteiger partial charge >= 0.3 is 12.1 Å². The fourth-order valence-corrected chi connectivity index (χ4v) is 3.34. The largest absolute Gasteiger partial charge is 0.489 e. The maximum atomic E-state index is 12.2. The van der Waals surface area contributed by atoms with E-state index in [0.29, 0.717) is 13.0 Å². The fourth-order valence-electron chi connectivity index (χ4n) is 3.34. The molecule has 0 heterocycles. The van der Waals surface area contributed by atoms with E-state index in [1.165, 1.54) is 7.11 Å². The molecule has 0 saturated carbocycles. The minimum Gasteiger partial charge on any atom is -0.489 e. The number of nitrogens with one attached hydrogen (secondary N) is 1. The number of methoxy groups -OCH3 is 1. The molecule has 1 atom stereocenters. The molecule has 6 heteroatoms. The van der Waals surface area contributed by atoms with E-state index in [9.17, 15) is 9.59 Å². The lowest BCUT2D eigenvalue weighted by atomic mass is 10.0. The average Bonchev–Trinajstić information content (AvgIpc) is 2.82. The van der Waals surface area contributed by atoms with E-state index < -0.39 is 23.7 Å². The topological polar surface area (TPSA) is 73.9 Å². The number of amides is 1. The molecule has 1 amide bonds. The Hall–Kier alpha value is -3.80. The molecule has 1 N–H and O–H groups in total. The van der Waals surface area contributed by atoms with E-state index in [4.69, 9.17) is 14.2 Å². The van der Waals surface area contributed by atoms with Crippen molar-refractivity contribution in [1.29, 1.82) is 0 Å². The molecule has 0 aliphatic carbocycles. The third-order valence-corrected chi connectivity index (χ3v) is 5.01. The maximum Gasteiger partial charge on any atom is 0.408 e. The van der Waals surface area contributed by atoms with Crippen LogP contribution in [0.25, 0.3) is 11.1 Å². The van der Waals surface area contributed by atoms with Crippen molar-refractivity contribution in [2.45, 2.75) is 45.4 Å². The number of rotatable bonds is 8. The van der Waals surface area contributed by atoms with Crippen LogP contribution in [0.3, 0.4) is 0 Å². The molecule has 0 spiro atoms. The van der Waals surface area contributed by atoms with Crippen LogP contribution in [0.4, 0.5) is 4.79 Å². The summed E-state index contributed by atoms with van der Waals surface area (Å²) >= 11 is 0. The third-order valence-electron chi connectivity index (χ3n) is 5.01. The second kappa shape index (κ2) is 11.4. The summed E-state index contributed by atoms with van der Waals surface area (Å²) in [5.74, 6) is 0.277. The molecular weight excluding hydrogens is 430 g/mol. The van der Waals surface area contributed by atoms with Crippen LogP contribution in [0.1, 0.15) is 31.9 Å². The van der Waals surface area contributed by atoms with E-state index >= 15 is 0 Å². The Balaban J connectivity index is 1.61. The number of hydrogen-bond acceptors (Lipinski definition) is 5. The van der Waals surface area contributed by atoms with Crippen LogP contribution in [0, 0.1) is 0 Å². The highest BCUT2D eigenvalue weighted by molar-refractivity contribution is 5.81. The summed E-state index contributed by atoms with van der Waals surface area (Å²) < 4.78 is 16.0. The van der Waals surface area contributed by atoms with Crippen molar-refractivity contribution in [1.82, 2.24) is 5.32 Å². The van der Waals surface area contributed by atoms with Crippen LogP contribution in [0.2, 0.25) is 0 Å². The van der Waals surface area contributed by atoms with Gasteiger partial charge in [0.1, 0.15) is 24.0 Å². The standard InChI is InChI=1S/C28H31NO5/c1-28(2,3)34-27(31)29-25(26(30)32-4)18-20-10-12-22(13-11-20)23-14-16-24(17-15-23)33-19-21-8-6-5-7-9-21/h5-17,25H,18-19H2,1-4H3,(H,29,31)/t25-/m0/s1. The van der Waals surface area contributed by atoms with Gasteiger partial charge in [0.05, 0.1) is 7.11 Å². The zero-order valence-corrected chi connectivity index (χ0v) is 20.0. The monoisotopic (exact) mass is 461 g/mol. The highest BCUT2D eigenvalue weighted by Crippen LogP contribution is 2.24. The number of esters is 1. The number of hydrogen-bond donors (Lipinski definition) is 1. The van der Waals surface area contributed by atoms with E-state index in [1.54, 1.807) is 20.8 Å². The lowest BCUT2D eigenvalue weighted by Gasteiger charge is -2.22. The second-order valence-electron chi connectivity index (χ2n) is 8.92. The van der Waals surface area contributed by atoms with Crippen molar-refractivity contribution in [3.63, 3.8) is 0 Å². The van der Waals surface area contributed by atoms with Crippen molar-refractivity contribution < 1.29 is 23.8 Å². The summed E-state index contributed by atoms with van der Waals surface area (Å²) in [4.78, 5) is 24.3. The minimum absolute atomic E-state index is 0.290. The maximum absolute atomic E-state index is 12.2. The molecular formula is C28H31NO5. The summed E-state index contributed by atoms with van der Waals surface area (Å²) in [6.45, 7) is 5.81. The van der Waals surface area contributed by atoms with Gasteiger partial charge in [0.15, 0.2) is 0 Å². The molecule has 3 rings (SSSR count). The van der Waals surface area contributed by atoms with Crippen molar-refractivity contribution in [2.75, 3.05) is 7.11 Å². The van der Waals surface area contributed by atoms with Gasteiger partial charge < -0.3 is 19.5 Å². The third kappa shape index (κ3) is 7.66. The molecule has 0 aromatic heterocycles. The zero-order chi connectivity index (χ0) is 24.6. The molecule has 6 nitrogen and oxygen atoms in total. The fraction of sp³-hybridized carbons (Fsp3) is 0.286. The summed E-state index contributed by atoms with van der Waals surface area (Å²) in [5.41, 5.74) is 3.43. The molecule has 178 valence electrons. The van der Waals surface area contributed by atoms with Gasteiger partial charge in [-0.1, -0.05) is 66.7 Å². The number of ether oxygens (including phenoxy) is 3. The lowest BCUT2D eigenvalue weighted by molar-refractivity contribution is -0.143. The van der Waals surface area contributed by atoms with Gasteiger partial charge in [0.2, 0.25) is 0 Å². The molecule has 3 aromatic rings. The first-order valence-corrected chi connectivity index (χ1v) is 11.2. The van der Waals surface area contributed by atoms with Crippen LogP contribution >= 0.6 is 0 Å². The average molecular weight is 462 g/mol. The van der Waals surface area contributed by atoms with Crippen LogP contribution < -0.4 is 10.1 Å². The van der Waals surface area contributed by atoms with Crippen molar-refractivity contribution in [3.05, 3.63) is 90.0 Å². The number of carbonyl (C=O) groups is 2. The highest BCUT2D eigenvalue weighted by Gasteiger charge is 2.25.